The number of para-hydroxylation sites is 1. The largest absolute Gasteiger partial charge is 0.337 e. The van der Waals surface area contributed by atoms with Gasteiger partial charge in [-0.1, -0.05) is 29.4 Å². The van der Waals surface area contributed by atoms with Gasteiger partial charge in [-0.05, 0) is 37.2 Å². The number of rotatable bonds is 5. The highest BCUT2D eigenvalue weighted by atomic mass is 16.5. The summed E-state index contributed by atoms with van der Waals surface area (Å²) in [6.07, 6.45) is 2.59. The lowest BCUT2D eigenvalue weighted by Crippen LogP contribution is -2.37. The van der Waals surface area contributed by atoms with E-state index in [4.69, 9.17) is 4.52 Å². The van der Waals surface area contributed by atoms with Gasteiger partial charge in [-0.2, -0.15) is 4.98 Å². The average Bonchev–Trinajstić information content (AvgIpc) is 3.29. The zero-order chi connectivity index (χ0) is 17.9. The number of carbonyl (C=O) groups is 1. The number of likely N-dealkylation sites (N-methyl/N-ethyl adjacent to an activating group) is 1. The lowest BCUT2D eigenvalue weighted by molar-refractivity contribution is -0.119. The first-order chi connectivity index (χ1) is 12.7. The highest BCUT2D eigenvalue weighted by Crippen LogP contribution is 2.27. The minimum absolute atomic E-state index is 0.0712. The van der Waals surface area contributed by atoms with Crippen LogP contribution in [0.1, 0.15) is 11.5 Å². The van der Waals surface area contributed by atoms with Gasteiger partial charge in [0.15, 0.2) is 0 Å². The number of nitrogens with zero attached hydrogens (tertiary/aromatic N) is 5. The summed E-state index contributed by atoms with van der Waals surface area (Å²) in [5.41, 5.74) is 2.90. The quantitative estimate of drug-likeness (QED) is 0.703. The van der Waals surface area contributed by atoms with E-state index in [1.54, 1.807) is 6.20 Å². The van der Waals surface area contributed by atoms with Crippen molar-refractivity contribution in [1.29, 1.82) is 0 Å². The molecule has 1 aromatic carbocycles. The van der Waals surface area contributed by atoms with Gasteiger partial charge in [0.2, 0.25) is 17.6 Å². The summed E-state index contributed by atoms with van der Waals surface area (Å²) in [6, 6.07) is 13.6. The predicted octanol–water partition coefficient (Wildman–Crippen LogP) is 2.15. The van der Waals surface area contributed by atoms with E-state index in [9.17, 15) is 4.79 Å². The molecule has 0 saturated heterocycles. The van der Waals surface area contributed by atoms with Gasteiger partial charge in [-0.3, -0.25) is 14.7 Å². The number of benzene rings is 1. The molecule has 0 bridgehead atoms. The van der Waals surface area contributed by atoms with E-state index in [1.807, 2.05) is 53.2 Å². The molecule has 0 N–H and O–H groups in total. The monoisotopic (exact) mass is 349 g/mol. The third-order valence-corrected chi connectivity index (χ3v) is 4.36. The van der Waals surface area contributed by atoms with Gasteiger partial charge in [-0.15, -0.1) is 0 Å². The van der Waals surface area contributed by atoms with Crippen LogP contribution in [0, 0.1) is 0 Å². The first kappa shape index (κ1) is 16.4. The molecule has 0 radical (unpaired) electrons. The normalized spacial score (nSPS) is 13.2. The van der Waals surface area contributed by atoms with Crippen molar-refractivity contribution >= 4 is 11.6 Å². The van der Waals surface area contributed by atoms with Crippen molar-refractivity contribution < 1.29 is 9.32 Å². The zero-order valence-corrected chi connectivity index (χ0v) is 14.5. The Bertz CT molecular complexity index is 909. The molecule has 0 spiro atoms. The van der Waals surface area contributed by atoms with Crippen molar-refractivity contribution in [2.24, 2.45) is 0 Å². The number of fused-ring (bicyclic) bond motifs is 1. The van der Waals surface area contributed by atoms with Crippen LogP contribution in [0.15, 0.2) is 53.2 Å². The molecule has 0 unspecified atom stereocenters. The van der Waals surface area contributed by atoms with E-state index in [0.29, 0.717) is 24.0 Å². The van der Waals surface area contributed by atoms with Crippen LogP contribution in [0.3, 0.4) is 0 Å². The van der Waals surface area contributed by atoms with Gasteiger partial charge in [0.25, 0.3) is 0 Å². The first-order valence-corrected chi connectivity index (χ1v) is 8.51. The molecule has 1 aliphatic heterocycles. The molecular formula is C19H19N5O2. The molecule has 26 heavy (non-hydrogen) atoms. The van der Waals surface area contributed by atoms with Crippen molar-refractivity contribution in [2.75, 3.05) is 25.0 Å². The summed E-state index contributed by atoms with van der Waals surface area (Å²) in [5.74, 6) is 0.985. The van der Waals surface area contributed by atoms with E-state index in [0.717, 1.165) is 18.7 Å². The van der Waals surface area contributed by atoms with Crippen LogP contribution < -0.4 is 4.90 Å². The van der Waals surface area contributed by atoms with Crippen molar-refractivity contribution in [2.45, 2.75) is 13.0 Å². The fourth-order valence-electron chi connectivity index (χ4n) is 3.12. The van der Waals surface area contributed by atoms with Crippen LogP contribution in [0.2, 0.25) is 0 Å². The fraction of sp³-hybridized carbons (Fsp3) is 0.263. The molecule has 1 aliphatic rings. The molecule has 3 heterocycles. The summed E-state index contributed by atoms with van der Waals surface area (Å²) >= 11 is 0. The number of pyridine rings is 1. The van der Waals surface area contributed by atoms with Crippen molar-refractivity contribution in [3.8, 4) is 11.5 Å². The Morgan fingerprint density at radius 3 is 2.92 bits per heavy atom. The van der Waals surface area contributed by atoms with Crippen LogP contribution in [0.25, 0.3) is 11.5 Å². The second-order valence-electron chi connectivity index (χ2n) is 6.32. The van der Waals surface area contributed by atoms with E-state index < -0.39 is 0 Å². The van der Waals surface area contributed by atoms with Gasteiger partial charge >= 0.3 is 0 Å². The van der Waals surface area contributed by atoms with E-state index in [1.165, 1.54) is 5.56 Å². The number of amides is 1. The maximum absolute atomic E-state index is 12.6. The van der Waals surface area contributed by atoms with Gasteiger partial charge < -0.3 is 9.42 Å². The van der Waals surface area contributed by atoms with Crippen molar-refractivity contribution in [1.82, 2.24) is 20.0 Å². The Kier molecular flexibility index (Phi) is 4.45. The van der Waals surface area contributed by atoms with E-state index in [2.05, 4.69) is 21.2 Å². The maximum atomic E-state index is 12.6. The van der Waals surface area contributed by atoms with Gasteiger partial charge in [0.1, 0.15) is 5.69 Å². The van der Waals surface area contributed by atoms with E-state index in [-0.39, 0.29) is 12.5 Å². The lowest BCUT2D eigenvalue weighted by Gasteiger charge is -2.21. The zero-order valence-electron chi connectivity index (χ0n) is 14.5. The molecule has 0 saturated carbocycles. The predicted molar refractivity (Wildman–Crippen MR) is 96.4 cm³/mol. The Hall–Kier alpha value is -3.06. The second-order valence-corrected chi connectivity index (χ2v) is 6.32. The molecule has 2 aromatic heterocycles. The number of hydrogen-bond acceptors (Lipinski definition) is 6. The third kappa shape index (κ3) is 3.34. The van der Waals surface area contributed by atoms with Crippen LogP contribution in [0.4, 0.5) is 5.69 Å². The smallest absolute Gasteiger partial charge is 0.241 e. The number of hydrogen-bond donors (Lipinski definition) is 0. The topological polar surface area (TPSA) is 75.4 Å². The number of carbonyl (C=O) groups excluding carboxylic acids is 1. The van der Waals surface area contributed by atoms with Crippen molar-refractivity contribution in [3.63, 3.8) is 0 Å². The summed E-state index contributed by atoms with van der Waals surface area (Å²) < 4.78 is 5.29. The Morgan fingerprint density at radius 2 is 2.08 bits per heavy atom. The van der Waals surface area contributed by atoms with Crippen LogP contribution in [-0.4, -0.2) is 46.1 Å². The van der Waals surface area contributed by atoms with Crippen molar-refractivity contribution in [3.05, 3.63) is 60.1 Å². The van der Waals surface area contributed by atoms with Gasteiger partial charge in [0, 0.05) is 18.4 Å². The molecule has 4 rings (SSSR count). The maximum Gasteiger partial charge on any atom is 0.241 e. The molecule has 1 amide bonds. The molecule has 7 heteroatoms. The Labute approximate surface area is 151 Å². The molecule has 0 fully saturated rings. The average molecular weight is 349 g/mol. The number of anilines is 1. The van der Waals surface area contributed by atoms with Crippen LogP contribution in [-0.2, 0) is 17.8 Å². The fourth-order valence-corrected chi connectivity index (χ4v) is 3.12. The summed E-state index contributed by atoms with van der Waals surface area (Å²) in [7, 11) is 1.87. The van der Waals surface area contributed by atoms with Gasteiger partial charge in [-0.25, -0.2) is 0 Å². The molecule has 0 aliphatic carbocycles. The second kappa shape index (κ2) is 7.05. The summed E-state index contributed by atoms with van der Waals surface area (Å²) in [4.78, 5) is 24.9. The highest BCUT2D eigenvalue weighted by Gasteiger charge is 2.25. The molecule has 0 atom stereocenters. The molecule has 7 nitrogen and oxygen atoms in total. The molecular weight excluding hydrogens is 330 g/mol. The minimum atomic E-state index is 0.0712. The van der Waals surface area contributed by atoms with E-state index >= 15 is 0 Å². The standard InChI is InChI=1S/C19H19N5O2/c1-23(12-17-21-19(22-26-17)15-7-4-5-10-20-15)13-18(25)24-11-9-14-6-2-3-8-16(14)24/h2-8,10H,9,11-13H2,1H3. The summed E-state index contributed by atoms with van der Waals surface area (Å²) in [5, 5.41) is 3.96. The minimum Gasteiger partial charge on any atom is -0.337 e. The SMILES string of the molecule is CN(CC(=O)N1CCc2ccccc21)Cc1nc(-c2ccccn2)no1. The third-order valence-electron chi connectivity index (χ3n) is 4.36. The highest BCUT2D eigenvalue weighted by molar-refractivity contribution is 5.96. The summed E-state index contributed by atoms with van der Waals surface area (Å²) in [6.45, 7) is 1.42. The van der Waals surface area contributed by atoms with Crippen LogP contribution in [0.5, 0.6) is 0 Å². The van der Waals surface area contributed by atoms with Crippen LogP contribution >= 0.6 is 0 Å². The molecule has 132 valence electrons. The Balaban J connectivity index is 1.38. The number of aromatic nitrogens is 3. The Morgan fingerprint density at radius 1 is 1.23 bits per heavy atom. The molecule has 3 aromatic rings. The lowest BCUT2D eigenvalue weighted by atomic mass is 10.2. The first-order valence-electron chi connectivity index (χ1n) is 8.51. The van der Waals surface area contributed by atoms with Gasteiger partial charge in [0.05, 0.1) is 13.1 Å².